The normalized spacial score (nSPS) is 22.1. The molecular formula is C16H18N2O2. The van der Waals surface area contributed by atoms with E-state index in [1.54, 1.807) is 0 Å². The van der Waals surface area contributed by atoms with Gasteiger partial charge in [0, 0.05) is 23.0 Å². The van der Waals surface area contributed by atoms with Gasteiger partial charge < -0.3 is 10.4 Å². The number of benzene rings is 1. The molecular weight excluding hydrogens is 252 g/mol. The van der Waals surface area contributed by atoms with E-state index in [1.807, 2.05) is 24.3 Å². The Hall–Kier alpha value is -2.10. The number of carboxylic acid groups (broad SMARTS) is 1. The number of hydrogen-bond donors (Lipinski definition) is 2. The van der Waals surface area contributed by atoms with E-state index in [0.717, 1.165) is 35.3 Å². The van der Waals surface area contributed by atoms with Crippen LogP contribution in [0.3, 0.4) is 0 Å². The molecule has 2 unspecified atom stereocenters. The lowest BCUT2D eigenvalue weighted by Gasteiger charge is -2.15. The van der Waals surface area contributed by atoms with Gasteiger partial charge in [0.2, 0.25) is 0 Å². The van der Waals surface area contributed by atoms with Crippen LogP contribution in [0.4, 0.5) is 5.82 Å². The van der Waals surface area contributed by atoms with Gasteiger partial charge in [-0.3, -0.25) is 0 Å². The first kappa shape index (κ1) is 12.9. The maximum Gasteiger partial charge on any atom is 0.337 e. The predicted octanol–water partition coefficient (Wildman–Crippen LogP) is 3.53. The van der Waals surface area contributed by atoms with Crippen molar-refractivity contribution in [2.45, 2.75) is 32.2 Å². The molecule has 20 heavy (non-hydrogen) atoms. The molecule has 1 heterocycles. The topological polar surface area (TPSA) is 62.2 Å². The number of nitrogens with one attached hydrogen (secondary N) is 1. The molecule has 104 valence electrons. The quantitative estimate of drug-likeness (QED) is 0.895. The summed E-state index contributed by atoms with van der Waals surface area (Å²) >= 11 is 0. The molecule has 3 rings (SSSR count). The summed E-state index contributed by atoms with van der Waals surface area (Å²) in [6, 6.07) is 7.98. The summed E-state index contributed by atoms with van der Waals surface area (Å²) < 4.78 is 0. The van der Waals surface area contributed by atoms with Crippen LogP contribution in [-0.4, -0.2) is 22.1 Å². The van der Waals surface area contributed by atoms with Crippen LogP contribution in [0.25, 0.3) is 10.8 Å². The van der Waals surface area contributed by atoms with Crippen molar-refractivity contribution in [3.8, 4) is 0 Å². The zero-order chi connectivity index (χ0) is 14.1. The van der Waals surface area contributed by atoms with E-state index in [2.05, 4.69) is 17.2 Å². The lowest BCUT2D eigenvalue weighted by molar-refractivity contribution is 0.0698. The van der Waals surface area contributed by atoms with Gasteiger partial charge >= 0.3 is 5.97 Å². The summed E-state index contributed by atoms with van der Waals surface area (Å²) in [6.07, 6.45) is 4.99. The van der Waals surface area contributed by atoms with Crippen molar-refractivity contribution in [3.63, 3.8) is 0 Å². The van der Waals surface area contributed by atoms with E-state index in [-0.39, 0.29) is 5.56 Å². The number of pyridine rings is 1. The fourth-order valence-electron chi connectivity index (χ4n) is 3.01. The van der Waals surface area contributed by atoms with Gasteiger partial charge in [0.15, 0.2) is 0 Å². The Morgan fingerprint density at radius 2 is 2.05 bits per heavy atom. The summed E-state index contributed by atoms with van der Waals surface area (Å²) in [4.78, 5) is 15.6. The zero-order valence-electron chi connectivity index (χ0n) is 11.5. The van der Waals surface area contributed by atoms with Crippen LogP contribution < -0.4 is 5.32 Å². The maximum atomic E-state index is 11.3. The minimum atomic E-state index is -0.935. The Morgan fingerprint density at radius 3 is 2.70 bits per heavy atom. The standard InChI is InChI=1S/C16H18N2O2/c1-10-6-7-11(8-10)18-15-13-5-3-2-4-12(13)14(9-17-15)16(19)20/h2-5,9-11H,6-8H2,1H3,(H,17,18)(H,19,20). The third-order valence-electron chi connectivity index (χ3n) is 4.06. The Kier molecular flexibility index (Phi) is 3.30. The van der Waals surface area contributed by atoms with Crippen molar-refractivity contribution in [1.82, 2.24) is 4.98 Å². The summed E-state index contributed by atoms with van der Waals surface area (Å²) in [5, 5.41) is 14.3. The van der Waals surface area contributed by atoms with E-state index in [0.29, 0.717) is 6.04 Å². The van der Waals surface area contributed by atoms with Crippen LogP contribution in [0.1, 0.15) is 36.5 Å². The fraction of sp³-hybridized carbons (Fsp3) is 0.375. The average Bonchev–Trinajstić information content (AvgIpc) is 2.84. The van der Waals surface area contributed by atoms with Crippen LogP contribution in [0.5, 0.6) is 0 Å². The molecule has 0 aliphatic heterocycles. The van der Waals surface area contributed by atoms with Crippen molar-refractivity contribution in [1.29, 1.82) is 0 Å². The van der Waals surface area contributed by atoms with Crippen molar-refractivity contribution in [2.24, 2.45) is 5.92 Å². The van der Waals surface area contributed by atoms with Gasteiger partial charge in [-0.25, -0.2) is 9.78 Å². The molecule has 1 aliphatic rings. The fourth-order valence-corrected chi connectivity index (χ4v) is 3.01. The number of aromatic nitrogens is 1. The number of hydrogen-bond acceptors (Lipinski definition) is 3. The SMILES string of the molecule is CC1CCC(Nc2ncc(C(=O)O)c3ccccc23)C1. The highest BCUT2D eigenvalue weighted by molar-refractivity contribution is 6.06. The lowest BCUT2D eigenvalue weighted by atomic mass is 10.1. The Morgan fingerprint density at radius 1 is 1.30 bits per heavy atom. The first-order valence-corrected chi connectivity index (χ1v) is 7.02. The molecule has 4 heteroatoms. The molecule has 1 aliphatic carbocycles. The maximum absolute atomic E-state index is 11.3. The summed E-state index contributed by atoms with van der Waals surface area (Å²) in [5.74, 6) is 0.608. The number of carboxylic acids is 1. The van der Waals surface area contributed by atoms with Gasteiger partial charge in [0.05, 0.1) is 5.56 Å². The van der Waals surface area contributed by atoms with Gasteiger partial charge in [0.25, 0.3) is 0 Å². The number of aromatic carboxylic acids is 1. The number of nitrogens with zero attached hydrogens (tertiary/aromatic N) is 1. The molecule has 1 fully saturated rings. The van der Waals surface area contributed by atoms with E-state index in [9.17, 15) is 9.90 Å². The molecule has 1 aromatic carbocycles. The van der Waals surface area contributed by atoms with Crippen molar-refractivity contribution in [3.05, 3.63) is 36.0 Å². The summed E-state index contributed by atoms with van der Waals surface area (Å²) in [7, 11) is 0. The number of carbonyl (C=O) groups is 1. The van der Waals surface area contributed by atoms with E-state index < -0.39 is 5.97 Å². The van der Waals surface area contributed by atoms with Crippen LogP contribution in [0.2, 0.25) is 0 Å². The van der Waals surface area contributed by atoms with Gasteiger partial charge in [-0.2, -0.15) is 0 Å². The number of rotatable bonds is 3. The Balaban J connectivity index is 2.00. The van der Waals surface area contributed by atoms with Crippen molar-refractivity contribution >= 4 is 22.6 Å². The second-order valence-corrected chi connectivity index (χ2v) is 5.63. The predicted molar refractivity (Wildman–Crippen MR) is 79.1 cm³/mol. The van der Waals surface area contributed by atoms with E-state index in [4.69, 9.17) is 0 Å². The molecule has 4 nitrogen and oxygen atoms in total. The average molecular weight is 270 g/mol. The minimum absolute atomic E-state index is 0.255. The van der Waals surface area contributed by atoms with Gasteiger partial charge in [-0.15, -0.1) is 0 Å². The van der Waals surface area contributed by atoms with Gasteiger partial charge in [-0.1, -0.05) is 31.2 Å². The first-order chi connectivity index (χ1) is 9.65. The Bertz CT molecular complexity index is 654. The minimum Gasteiger partial charge on any atom is -0.478 e. The molecule has 0 amide bonds. The van der Waals surface area contributed by atoms with Crippen LogP contribution in [-0.2, 0) is 0 Å². The largest absolute Gasteiger partial charge is 0.478 e. The molecule has 1 saturated carbocycles. The lowest BCUT2D eigenvalue weighted by Crippen LogP contribution is -2.17. The first-order valence-electron chi connectivity index (χ1n) is 7.02. The highest BCUT2D eigenvalue weighted by Crippen LogP contribution is 2.30. The third kappa shape index (κ3) is 2.33. The molecule has 0 spiro atoms. The Labute approximate surface area is 117 Å². The molecule has 0 saturated heterocycles. The molecule has 2 N–H and O–H groups in total. The molecule has 2 atom stereocenters. The number of fused-ring (bicyclic) bond motifs is 1. The van der Waals surface area contributed by atoms with E-state index in [1.165, 1.54) is 12.6 Å². The highest BCUT2D eigenvalue weighted by atomic mass is 16.4. The second kappa shape index (κ2) is 5.12. The second-order valence-electron chi connectivity index (χ2n) is 5.63. The zero-order valence-corrected chi connectivity index (χ0v) is 11.5. The molecule has 0 bridgehead atoms. The summed E-state index contributed by atoms with van der Waals surface area (Å²) in [6.45, 7) is 2.26. The molecule has 0 radical (unpaired) electrons. The van der Waals surface area contributed by atoms with Gasteiger partial charge in [-0.05, 0) is 25.2 Å². The van der Waals surface area contributed by atoms with Crippen molar-refractivity contribution < 1.29 is 9.90 Å². The molecule has 1 aromatic heterocycles. The molecule has 2 aromatic rings. The van der Waals surface area contributed by atoms with E-state index >= 15 is 0 Å². The van der Waals surface area contributed by atoms with Crippen molar-refractivity contribution in [2.75, 3.05) is 5.32 Å². The van der Waals surface area contributed by atoms with Crippen LogP contribution >= 0.6 is 0 Å². The number of anilines is 1. The highest BCUT2D eigenvalue weighted by Gasteiger charge is 2.22. The van der Waals surface area contributed by atoms with Crippen LogP contribution in [0.15, 0.2) is 30.5 Å². The summed E-state index contributed by atoms with van der Waals surface area (Å²) in [5.41, 5.74) is 0.255. The third-order valence-corrected chi connectivity index (χ3v) is 4.06. The van der Waals surface area contributed by atoms with Gasteiger partial charge in [0.1, 0.15) is 5.82 Å². The monoisotopic (exact) mass is 270 g/mol. The smallest absolute Gasteiger partial charge is 0.337 e. The van der Waals surface area contributed by atoms with Crippen LogP contribution in [0, 0.1) is 5.92 Å².